The highest BCUT2D eigenvalue weighted by Crippen LogP contribution is 2.44. The first kappa shape index (κ1) is 28.4. The first-order valence-corrected chi connectivity index (χ1v) is 14.0. The van der Waals surface area contributed by atoms with E-state index in [0.717, 1.165) is 48.2 Å². The number of rotatable bonds is 9. The number of benzene rings is 2. The summed E-state index contributed by atoms with van der Waals surface area (Å²) in [5.74, 6) is 0.156. The van der Waals surface area contributed by atoms with Crippen molar-refractivity contribution in [3.05, 3.63) is 70.4 Å². The third kappa shape index (κ3) is 6.35. The number of hydrogen-bond donors (Lipinski definition) is 1. The van der Waals surface area contributed by atoms with Gasteiger partial charge in [-0.15, -0.1) is 0 Å². The maximum absolute atomic E-state index is 13.3. The Morgan fingerprint density at radius 3 is 2.38 bits per heavy atom. The summed E-state index contributed by atoms with van der Waals surface area (Å²) in [4.78, 5) is 40.8. The van der Waals surface area contributed by atoms with Crippen LogP contribution in [-0.4, -0.2) is 43.5 Å². The molecule has 2 aliphatic rings. The van der Waals surface area contributed by atoms with E-state index in [1.54, 1.807) is 6.92 Å². The largest absolute Gasteiger partial charge is 0.491 e. The predicted molar refractivity (Wildman–Crippen MR) is 152 cm³/mol. The lowest BCUT2D eigenvalue weighted by Gasteiger charge is -2.36. The molecule has 3 atom stereocenters. The van der Waals surface area contributed by atoms with Crippen LogP contribution in [0.4, 0.5) is 5.69 Å². The molecule has 2 aromatic rings. The number of amides is 1. The Bertz CT molecular complexity index is 1240. The van der Waals surface area contributed by atoms with Gasteiger partial charge >= 0.3 is 5.97 Å². The zero-order chi connectivity index (χ0) is 28.1. The summed E-state index contributed by atoms with van der Waals surface area (Å²) < 4.78 is 11.6. The van der Waals surface area contributed by atoms with E-state index in [4.69, 9.17) is 9.47 Å². The van der Waals surface area contributed by atoms with Crippen LogP contribution in [0.1, 0.15) is 67.9 Å². The normalized spacial score (nSPS) is 18.2. The first-order valence-electron chi connectivity index (χ1n) is 14.0. The second-order valence-corrected chi connectivity index (χ2v) is 10.8. The summed E-state index contributed by atoms with van der Waals surface area (Å²) in [7, 11) is 0. The SMILES string of the molecule is CCC(C)C1COc2ccccc2N(CC(=O)NC(C)C(=O)COC(=O)c2c(C)cccc2C)C1=C1CCC1. The number of carbonyl (C=O) groups is 3. The predicted octanol–water partition coefficient (Wildman–Crippen LogP) is 5.53. The standard InChI is InChI=1S/C32H40N2O5/c1-6-20(2)25-18-38-28-16-8-7-15-26(28)34(31(25)24-13-10-14-24)17-29(36)33-23(5)27(35)19-39-32(37)30-21(3)11-9-12-22(30)4/h7-9,11-12,15-16,20,23,25H,6,10,13-14,17-19H2,1-5H3,(H,33,36). The van der Waals surface area contributed by atoms with Crippen molar-refractivity contribution in [1.82, 2.24) is 5.32 Å². The summed E-state index contributed by atoms with van der Waals surface area (Å²) in [6, 6.07) is 12.6. The lowest BCUT2D eigenvalue weighted by atomic mass is 9.80. The van der Waals surface area contributed by atoms with Gasteiger partial charge in [0.1, 0.15) is 12.3 Å². The van der Waals surface area contributed by atoms with Crippen molar-refractivity contribution < 1.29 is 23.9 Å². The minimum absolute atomic E-state index is 0.0754. The van der Waals surface area contributed by atoms with Crippen LogP contribution in [0.25, 0.3) is 0 Å². The molecule has 1 aliphatic heterocycles. The molecule has 3 unspecified atom stereocenters. The number of nitrogens with one attached hydrogen (secondary N) is 1. The second-order valence-electron chi connectivity index (χ2n) is 10.8. The summed E-state index contributed by atoms with van der Waals surface area (Å²) in [5.41, 5.74) is 5.50. The highest BCUT2D eigenvalue weighted by Gasteiger charge is 2.35. The minimum atomic E-state index is -0.799. The molecule has 1 saturated carbocycles. The van der Waals surface area contributed by atoms with Gasteiger partial charge in [0.2, 0.25) is 5.91 Å². The number of ketones is 1. The van der Waals surface area contributed by atoms with Crippen molar-refractivity contribution in [2.45, 2.75) is 66.3 Å². The Hall–Kier alpha value is -3.61. The number of ether oxygens (including phenoxy) is 2. The van der Waals surface area contributed by atoms with E-state index in [1.807, 2.05) is 56.3 Å². The van der Waals surface area contributed by atoms with Gasteiger partial charge in [0.15, 0.2) is 12.4 Å². The topological polar surface area (TPSA) is 84.9 Å². The lowest BCUT2D eigenvalue weighted by Crippen LogP contribution is -2.46. The highest BCUT2D eigenvalue weighted by atomic mass is 16.5. The van der Waals surface area contributed by atoms with Crippen molar-refractivity contribution in [2.24, 2.45) is 11.8 Å². The van der Waals surface area contributed by atoms with Gasteiger partial charge in [0, 0.05) is 11.6 Å². The summed E-state index contributed by atoms with van der Waals surface area (Å²) >= 11 is 0. The van der Waals surface area contributed by atoms with E-state index >= 15 is 0 Å². The van der Waals surface area contributed by atoms with Gasteiger partial charge in [-0.3, -0.25) is 9.59 Å². The van der Waals surface area contributed by atoms with Crippen LogP contribution in [0.2, 0.25) is 0 Å². The van der Waals surface area contributed by atoms with Gasteiger partial charge in [-0.2, -0.15) is 0 Å². The number of carbonyl (C=O) groups excluding carboxylic acids is 3. The Labute approximate surface area is 231 Å². The highest BCUT2D eigenvalue weighted by molar-refractivity contribution is 5.96. The molecule has 1 N–H and O–H groups in total. The molecule has 2 aromatic carbocycles. The number of allylic oxidation sites excluding steroid dienone is 1. The van der Waals surface area contributed by atoms with E-state index in [0.29, 0.717) is 18.1 Å². The van der Waals surface area contributed by atoms with Crippen molar-refractivity contribution >= 4 is 23.3 Å². The molecule has 0 bridgehead atoms. The molecule has 1 fully saturated rings. The van der Waals surface area contributed by atoms with Crippen LogP contribution in [0.15, 0.2) is 53.7 Å². The van der Waals surface area contributed by atoms with Crippen LogP contribution in [0, 0.1) is 25.7 Å². The third-order valence-electron chi connectivity index (χ3n) is 8.06. The summed E-state index contributed by atoms with van der Waals surface area (Å²) in [5, 5.41) is 2.83. The van der Waals surface area contributed by atoms with Crippen molar-refractivity contribution in [3.63, 3.8) is 0 Å². The molecular weight excluding hydrogens is 492 g/mol. The van der Waals surface area contributed by atoms with E-state index in [-0.39, 0.29) is 24.2 Å². The quantitative estimate of drug-likeness (QED) is 0.427. The molecule has 208 valence electrons. The number of nitrogens with zero attached hydrogens (tertiary/aromatic N) is 1. The fourth-order valence-electron chi connectivity index (χ4n) is 5.32. The Morgan fingerprint density at radius 1 is 1.05 bits per heavy atom. The number of esters is 1. The van der Waals surface area contributed by atoms with Crippen LogP contribution < -0.4 is 15.0 Å². The number of fused-ring (bicyclic) bond motifs is 1. The molecule has 1 aliphatic carbocycles. The van der Waals surface area contributed by atoms with Gasteiger partial charge in [-0.1, -0.05) is 56.2 Å². The minimum Gasteiger partial charge on any atom is -0.491 e. The van der Waals surface area contributed by atoms with Crippen molar-refractivity contribution in [3.8, 4) is 5.75 Å². The Morgan fingerprint density at radius 2 is 1.74 bits per heavy atom. The van der Waals surface area contributed by atoms with Crippen LogP contribution >= 0.6 is 0 Å². The maximum atomic E-state index is 13.3. The molecule has 0 aromatic heterocycles. The number of aryl methyl sites for hydroxylation is 2. The lowest BCUT2D eigenvalue weighted by molar-refractivity contribution is -0.128. The van der Waals surface area contributed by atoms with Gasteiger partial charge < -0.3 is 19.7 Å². The van der Waals surface area contributed by atoms with E-state index < -0.39 is 18.6 Å². The zero-order valence-electron chi connectivity index (χ0n) is 23.7. The smallest absolute Gasteiger partial charge is 0.339 e. The number of hydrogen-bond acceptors (Lipinski definition) is 6. The van der Waals surface area contributed by atoms with E-state index in [9.17, 15) is 14.4 Å². The van der Waals surface area contributed by atoms with Gasteiger partial charge in [-0.05, 0) is 69.2 Å². The van der Waals surface area contributed by atoms with Crippen LogP contribution in [0.3, 0.4) is 0 Å². The van der Waals surface area contributed by atoms with Gasteiger partial charge in [0.25, 0.3) is 0 Å². The second kappa shape index (κ2) is 12.5. The summed E-state index contributed by atoms with van der Waals surface area (Å²) in [6.07, 6.45) is 4.22. The maximum Gasteiger partial charge on any atom is 0.339 e. The van der Waals surface area contributed by atoms with Crippen molar-refractivity contribution in [2.75, 3.05) is 24.7 Å². The van der Waals surface area contributed by atoms with Crippen LogP contribution in [0.5, 0.6) is 5.75 Å². The van der Waals surface area contributed by atoms with E-state index in [2.05, 4.69) is 24.1 Å². The molecule has 0 saturated heterocycles. The zero-order valence-corrected chi connectivity index (χ0v) is 23.7. The average molecular weight is 533 g/mol. The molecule has 0 spiro atoms. The summed E-state index contributed by atoms with van der Waals surface area (Å²) in [6.45, 7) is 9.96. The molecule has 1 heterocycles. The van der Waals surface area contributed by atoms with E-state index in [1.165, 1.54) is 11.3 Å². The molecule has 7 nitrogen and oxygen atoms in total. The molecule has 4 rings (SSSR count). The van der Waals surface area contributed by atoms with Gasteiger partial charge in [-0.25, -0.2) is 4.79 Å². The molecule has 7 heteroatoms. The molecule has 0 radical (unpaired) electrons. The average Bonchev–Trinajstić information content (AvgIpc) is 3.03. The van der Waals surface area contributed by atoms with Crippen molar-refractivity contribution in [1.29, 1.82) is 0 Å². The van der Waals surface area contributed by atoms with Crippen LogP contribution in [-0.2, 0) is 14.3 Å². The molecular formula is C32H40N2O5. The first-order chi connectivity index (χ1) is 18.7. The Kier molecular flexibility index (Phi) is 9.10. The molecule has 1 amide bonds. The third-order valence-corrected chi connectivity index (χ3v) is 8.06. The van der Waals surface area contributed by atoms with Gasteiger partial charge in [0.05, 0.1) is 23.9 Å². The number of para-hydroxylation sites is 2. The number of Topliss-reactive ketones (excluding diaryl/α,β-unsaturated/α-hetero) is 1. The fourth-order valence-corrected chi connectivity index (χ4v) is 5.32. The molecule has 39 heavy (non-hydrogen) atoms. The number of anilines is 1. The monoisotopic (exact) mass is 532 g/mol. The fraction of sp³-hybridized carbons (Fsp3) is 0.469. The Balaban J connectivity index is 1.47.